The number of nitrogens with zero attached hydrogens (tertiary/aromatic N) is 4. The average molecular weight is 355 g/mol. The largest absolute Gasteiger partial charge is 0.497 e. The van der Waals surface area contributed by atoms with Gasteiger partial charge in [0.05, 0.1) is 36.5 Å². The van der Waals surface area contributed by atoms with Crippen LogP contribution in [-0.2, 0) is 0 Å². The van der Waals surface area contributed by atoms with Crippen molar-refractivity contribution < 1.29 is 9.84 Å². The Morgan fingerprint density at radius 2 is 2.00 bits per heavy atom. The van der Waals surface area contributed by atoms with Gasteiger partial charge in [-0.1, -0.05) is 6.92 Å². The van der Waals surface area contributed by atoms with Gasteiger partial charge in [-0.25, -0.2) is 14.6 Å². The second-order valence-electron chi connectivity index (χ2n) is 6.40. The lowest BCUT2D eigenvalue weighted by molar-refractivity contribution is 0.271. The maximum Gasteiger partial charge on any atom is 0.168 e. The Kier molecular flexibility index (Phi) is 5.08. The van der Waals surface area contributed by atoms with E-state index in [0.717, 1.165) is 40.1 Å². The predicted molar refractivity (Wildman–Crippen MR) is 102 cm³/mol. The zero-order valence-corrected chi connectivity index (χ0v) is 15.9. The number of aromatic nitrogens is 4. The Morgan fingerprint density at radius 3 is 2.62 bits per heavy atom. The number of aryl methyl sites for hydroxylation is 3. The van der Waals surface area contributed by atoms with Gasteiger partial charge < -0.3 is 15.2 Å². The molecule has 2 heterocycles. The van der Waals surface area contributed by atoms with Crippen LogP contribution in [0.3, 0.4) is 0 Å². The minimum absolute atomic E-state index is 0.0474. The lowest BCUT2D eigenvalue weighted by Crippen LogP contribution is -2.23. The van der Waals surface area contributed by atoms with Gasteiger partial charge in [-0.3, -0.25) is 0 Å². The van der Waals surface area contributed by atoms with Gasteiger partial charge in [0.25, 0.3) is 0 Å². The van der Waals surface area contributed by atoms with Crippen molar-refractivity contribution in [3.8, 4) is 11.4 Å². The highest BCUT2D eigenvalue weighted by Gasteiger charge is 2.19. The molecule has 2 N–H and O–H groups in total. The minimum Gasteiger partial charge on any atom is -0.497 e. The number of aliphatic hydroxyl groups excluding tert-OH is 1. The molecule has 0 unspecified atom stereocenters. The van der Waals surface area contributed by atoms with E-state index in [1.807, 2.05) is 50.6 Å². The molecular weight excluding hydrogens is 330 g/mol. The van der Waals surface area contributed by atoms with Crippen molar-refractivity contribution in [3.05, 3.63) is 35.3 Å². The Hall–Kier alpha value is -2.67. The third-order valence-electron chi connectivity index (χ3n) is 4.50. The third-order valence-corrected chi connectivity index (χ3v) is 4.50. The van der Waals surface area contributed by atoms with Gasteiger partial charge in [0.15, 0.2) is 5.65 Å². The first-order valence-corrected chi connectivity index (χ1v) is 8.74. The van der Waals surface area contributed by atoms with E-state index in [0.29, 0.717) is 11.6 Å². The van der Waals surface area contributed by atoms with Crippen molar-refractivity contribution in [3.63, 3.8) is 0 Å². The number of anilines is 1. The smallest absolute Gasteiger partial charge is 0.168 e. The van der Waals surface area contributed by atoms with Gasteiger partial charge >= 0.3 is 0 Å². The van der Waals surface area contributed by atoms with Crippen LogP contribution in [0.4, 0.5) is 5.82 Å². The number of ether oxygens (including phenoxy) is 1. The summed E-state index contributed by atoms with van der Waals surface area (Å²) in [5, 5.41) is 18.4. The fraction of sp³-hybridized carbons (Fsp3) is 0.421. The molecule has 3 aromatic rings. The Morgan fingerprint density at radius 1 is 1.23 bits per heavy atom. The van der Waals surface area contributed by atoms with Crippen LogP contribution in [0.5, 0.6) is 5.75 Å². The van der Waals surface area contributed by atoms with E-state index in [1.165, 1.54) is 0 Å². The van der Waals surface area contributed by atoms with Gasteiger partial charge in [-0.2, -0.15) is 5.10 Å². The molecule has 7 nitrogen and oxygen atoms in total. The molecule has 7 heteroatoms. The Balaban J connectivity index is 2.19. The molecule has 0 bridgehead atoms. The van der Waals surface area contributed by atoms with Gasteiger partial charge in [0, 0.05) is 0 Å². The van der Waals surface area contributed by atoms with Gasteiger partial charge in [-0.15, -0.1) is 0 Å². The van der Waals surface area contributed by atoms with E-state index in [9.17, 15) is 5.11 Å². The van der Waals surface area contributed by atoms with E-state index >= 15 is 0 Å². The SMILES string of the molecule is CC[C@H](CO)Nc1nc(C)nc2c1c(C)nn2-c1ccc(OC)cc1C. The van der Waals surface area contributed by atoms with Gasteiger partial charge in [-0.05, 0) is 51.0 Å². The maximum atomic E-state index is 9.53. The topological polar surface area (TPSA) is 85.1 Å². The molecular formula is C19H25N5O2. The third kappa shape index (κ3) is 3.22. The molecule has 1 aromatic carbocycles. The van der Waals surface area contributed by atoms with Crippen molar-refractivity contribution in [2.45, 2.75) is 40.2 Å². The summed E-state index contributed by atoms with van der Waals surface area (Å²) in [4.78, 5) is 9.18. The van der Waals surface area contributed by atoms with Crippen molar-refractivity contribution in [2.24, 2.45) is 0 Å². The molecule has 0 saturated heterocycles. The van der Waals surface area contributed by atoms with Crippen LogP contribution in [0, 0.1) is 20.8 Å². The summed E-state index contributed by atoms with van der Waals surface area (Å²) < 4.78 is 7.14. The van der Waals surface area contributed by atoms with Crippen molar-refractivity contribution in [1.29, 1.82) is 0 Å². The highest BCUT2D eigenvalue weighted by molar-refractivity contribution is 5.90. The van der Waals surface area contributed by atoms with Crippen molar-refractivity contribution in [1.82, 2.24) is 19.7 Å². The highest BCUT2D eigenvalue weighted by Crippen LogP contribution is 2.29. The first-order chi connectivity index (χ1) is 12.5. The number of rotatable bonds is 6. The molecule has 138 valence electrons. The van der Waals surface area contributed by atoms with Crippen LogP contribution in [-0.4, -0.2) is 44.6 Å². The molecule has 0 saturated carbocycles. The predicted octanol–water partition coefficient (Wildman–Crippen LogP) is 2.93. The van der Waals surface area contributed by atoms with E-state index in [1.54, 1.807) is 7.11 Å². The summed E-state index contributed by atoms with van der Waals surface area (Å²) in [5.74, 6) is 2.17. The second-order valence-corrected chi connectivity index (χ2v) is 6.40. The fourth-order valence-corrected chi connectivity index (χ4v) is 3.03. The van der Waals surface area contributed by atoms with Crippen LogP contribution in [0.15, 0.2) is 18.2 Å². The summed E-state index contributed by atoms with van der Waals surface area (Å²) in [5.41, 5.74) is 3.58. The van der Waals surface area contributed by atoms with Crippen molar-refractivity contribution in [2.75, 3.05) is 19.0 Å². The molecule has 0 aliphatic rings. The summed E-state index contributed by atoms with van der Waals surface area (Å²) in [6.45, 7) is 7.90. The number of nitrogens with one attached hydrogen (secondary N) is 1. The standard InChI is InChI=1S/C19H25N5O2/c1-6-14(10-25)22-18-17-12(3)23-24(19(17)21-13(4)20-18)16-8-7-15(26-5)9-11(16)2/h7-9,14,25H,6,10H2,1-5H3,(H,20,21,22)/t14-/m1/s1. The fourth-order valence-electron chi connectivity index (χ4n) is 3.03. The number of methoxy groups -OCH3 is 1. The quantitative estimate of drug-likeness (QED) is 0.707. The Labute approximate surface area is 153 Å². The normalized spacial score (nSPS) is 12.4. The van der Waals surface area contributed by atoms with Gasteiger partial charge in [0.2, 0.25) is 0 Å². The number of hydrogen-bond acceptors (Lipinski definition) is 6. The number of aliphatic hydroxyl groups is 1. The van der Waals surface area contributed by atoms with Crippen molar-refractivity contribution >= 4 is 16.9 Å². The van der Waals surface area contributed by atoms with E-state index in [4.69, 9.17) is 9.84 Å². The van der Waals surface area contributed by atoms with Crippen LogP contribution in [0.25, 0.3) is 16.7 Å². The maximum absolute atomic E-state index is 9.53. The molecule has 0 amide bonds. The Bertz CT molecular complexity index is 931. The average Bonchev–Trinajstić information content (AvgIpc) is 2.95. The first-order valence-electron chi connectivity index (χ1n) is 8.74. The van der Waals surface area contributed by atoms with E-state index in [2.05, 4.69) is 15.3 Å². The summed E-state index contributed by atoms with van der Waals surface area (Å²) >= 11 is 0. The molecule has 1 atom stereocenters. The molecule has 0 aliphatic carbocycles. The minimum atomic E-state index is -0.0574. The lowest BCUT2D eigenvalue weighted by atomic mass is 10.2. The van der Waals surface area contributed by atoms with Crippen LogP contribution < -0.4 is 10.1 Å². The highest BCUT2D eigenvalue weighted by atomic mass is 16.5. The zero-order chi connectivity index (χ0) is 18.8. The summed E-state index contributed by atoms with van der Waals surface area (Å²) in [6.07, 6.45) is 0.797. The van der Waals surface area contributed by atoms with Crippen LogP contribution >= 0.6 is 0 Å². The number of benzene rings is 1. The second kappa shape index (κ2) is 7.29. The summed E-state index contributed by atoms with van der Waals surface area (Å²) in [7, 11) is 1.65. The molecule has 2 aromatic heterocycles. The van der Waals surface area contributed by atoms with E-state index in [-0.39, 0.29) is 12.6 Å². The number of hydrogen-bond donors (Lipinski definition) is 2. The van der Waals surface area contributed by atoms with Gasteiger partial charge in [0.1, 0.15) is 17.4 Å². The van der Waals surface area contributed by atoms with Crippen LogP contribution in [0.1, 0.15) is 30.4 Å². The van der Waals surface area contributed by atoms with E-state index < -0.39 is 0 Å². The molecule has 0 fully saturated rings. The number of fused-ring (bicyclic) bond motifs is 1. The molecule has 0 radical (unpaired) electrons. The first kappa shape index (κ1) is 18.1. The van der Waals surface area contributed by atoms with Crippen LogP contribution in [0.2, 0.25) is 0 Å². The molecule has 0 aliphatic heterocycles. The lowest BCUT2D eigenvalue weighted by Gasteiger charge is -2.16. The molecule has 3 rings (SSSR count). The molecule has 0 spiro atoms. The summed E-state index contributed by atoms with van der Waals surface area (Å²) in [6, 6.07) is 5.81. The molecule has 26 heavy (non-hydrogen) atoms. The monoisotopic (exact) mass is 355 g/mol. The zero-order valence-electron chi connectivity index (χ0n) is 15.9.